The van der Waals surface area contributed by atoms with E-state index in [1.165, 1.54) is 12.8 Å². The van der Waals surface area contributed by atoms with Crippen LogP contribution in [-0.2, 0) is 0 Å². The summed E-state index contributed by atoms with van der Waals surface area (Å²) in [5.41, 5.74) is 1.29. The van der Waals surface area contributed by atoms with Crippen molar-refractivity contribution in [2.24, 2.45) is 28.1 Å². The van der Waals surface area contributed by atoms with Gasteiger partial charge in [0.1, 0.15) is 0 Å². The van der Waals surface area contributed by atoms with E-state index in [9.17, 15) is 5.11 Å². The topological polar surface area (TPSA) is 20.2 Å². The zero-order valence-electron chi connectivity index (χ0n) is 8.22. The van der Waals surface area contributed by atoms with Crippen molar-refractivity contribution in [2.75, 3.05) is 6.61 Å². The van der Waals surface area contributed by atoms with E-state index in [2.05, 4.69) is 20.8 Å². The van der Waals surface area contributed by atoms with Crippen molar-refractivity contribution in [3.8, 4) is 0 Å². The highest BCUT2D eigenvalue weighted by Gasteiger charge is 2.85. The van der Waals surface area contributed by atoms with Crippen molar-refractivity contribution in [1.29, 1.82) is 0 Å². The van der Waals surface area contributed by atoms with Crippen LogP contribution in [0.5, 0.6) is 0 Å². The van der Waals surface area contributed by atoms with Crippen molar-refractivity contribution in [3.05, 3.63) is 0 Å². The molecule has 0 radical (unpaired) electrons. The molecule has 12 heavy (non-hydrogen) atoms. The summed E-state index contributed by atoms with van der Waals surface area (Å²) in [5, 5.41) is 9.51. The summed E-state index contributed by atoms with van der Waals surface area (Å²) < 4.78 is 0. The minimum atomic E-state index is 0.303. The predicted octanol–water partition coefficient (Wildman–Crippen LogP) is 2.05. The summed E-state index contributed by atoms with van der Waals surface area (Å²) in [5.74, 6) is 1.92. The Hall–Kier alpha value is -0.0400. The van der Waals surface area contributed by atoms with Gasteiger partial charge in [0, 0.05) is 6.61 Å². The Labute approximate surface area is 74.2 Å². The number of rotatable bonds is 1. The predicted molar refractivity (Wildman–Crippen MR) is 47.6 cm³/mol. The van der Waals surface area contributed by atoms with Crippen LogP contribution in [0.1, 0.15) is 33.6 Å². The van der Waals surface area contributed by atoms with Gasteiger partial charge in [-0.1, -0.05) is 20.8 Å². The zero-order chi connectivity index (χ0) is 8.78. The summed E-state index contributed by atoms with van der Waals surface area (Å²) >= 11 is 0. The van der Waals surface area contributed by atoms with Gasteiger partial charge in [0.05, 0.1) is 0 Å². The maximum atomic E-state index is 9.51. The monoisotopic (exact) mass is 166 g/mol. The third-order valence-electron chi connectivity index (χ3n) is 6.11. The molecule has 4 atom stereocenters. The molecule has 0 aromatic rings. The Bertz CT molecular complexity index is 242. The minimum Gasteiger partial charge on any atom is -0.396 e. The van der Waals surface area contributed by atoms with E-state index in [0.29, 0.717) is 22.9 Å². The molecule has 2 unspecified atom stereocenters. The first-order chi connectivity index (χ1) is 5.49. The molecule has 0 aromatic carbocycles. The first-order valence-corrected chi connectivity index (χ1v) is 5.10. The van der Waals surface area contributed by atoms with E-state index in [0.717, 1.165) is 11.8 Å². The fourth-order valence-electron chi connectivity index (χ4n) is 4.67. The average Bonchev–Trinajstić information content (AvgIpc) is 2.42. The van der Waals surface area contributed by atoms with Crippen LogP contribution in [0.3, 0.4) is 0 Å². The van der Waals surface area contributed by atoms with Gasteiger partial charge in [-0.15, -0.1) is 0 Å². The number of hydrogen-bond donors (Lipinski definition) is 1. The zero-order valence-corrected chi connectivity index (χ0v) is 8.22. The summed E-state index contributed by atoms with van der Waals surface area (Å²) in [6.07, 6.45) is 2.61. The van der Waals surface area contributed by atoms with Gasteiger partial charge < -0.3 is 5.11 Å². The second kappa shape index (κ2) is 1.50. The van der Waals surface area contributed by atoms with Gasteiger partial charge in [0.25, 0.3) is 0 Å². The Morgan fingerprint density at radius 2 is 1.67 bits per heavy atom. The standard InChI is InChI=1S/C11H18O/c1-9(2)10(3)7-4-11(9,6-12)5-8(7)10/h7-8,12H,4-6H2,1-3H3/t7-,8+,10?,11?. The van der Waals surface area contributed by atoms with Crippen LogP contribution in [0.25, 0.3) is 0 Å². The van der Waals surface area contributed by atoms with Gasteiger partial charge in [-0.3, -0.25) is 0 Å². The van der Waals surface area contributed by atoms with Crippen LogP contribution in [0.4, 0.5) is 0 Å². The molecular formula is C11H18O. The Kier molecular flexibility index (Phi) is 0.919. The van der Waals surface area contributed by atoms with Gasteiger partial charge in [-0.2, -0.15) is 0 Å². The molecular weight excluding hydrogens is 148 g/mol. The molecule has 0 heterocycles. The third kappa shape index (κ3) is 0.396. The van der Waals surface area contributed by atoms with E-state index in [1.807, 2.05) is 0 Å². The lowest BCUT2D eigenvalue weighted by atomic mass is 9.66. The molecule has 4 saturated carbocycles. The Morgan fingerprint density at radius 1 is 1.17 bits per heavy atom. The molecule has 4 fully saturated rings. The number of aliphatic hydroxyl groups is 1. The lowest BCUT2D eigenvalue weighted by Gasteiger charge is -2.39. The van der Waals surface area contributed by atoms with Crippen molar-refractivity contribution < 1.29 is 5.11 Å². The summed E-state index contributed by atoms with van der Waals surface area (Å²) in [7, 11) is 0. The van der Waals surface area contributed by atoms with Crippen molar-refractivity contribution in [1.82, 2.24) is 0 Å². The van der Waals surface area contributed by atoms with Gasteiger partial charge in [-0.05, 0) is 40.9 Å². The quantitative estimate of drug-likeness (QED) is 0.632. The molecule has 0 spiro atoms. The SMILES string of the molecule is CC12[C@@H]3CC(CO)(C[C@@H]31)C2(C)C. The molecule has 68 valence electrons. The van der Waals surface area contributed by atoms with Crippen LogP contribution in [0.15, 0.2) is 0 Å². The molecule has 4 bridgehead atoms. The highest BCUT2D eigenvalue weighted by molar-refractivity contribution is 5.32. The fraction of sp³-hybridized carbons (Fsp3) is 1.00. The molecule has 0 aromatic heterocycles. The molecule has 1 N–H and O–H groups in total. The van der Waals surface area contributed by atoms with Crippen LogP contribution in [-0.4, -0.2) is 11.7 Å². The second-order valence-electron chi connectivity index (χ2n) is 5.97. The summed E-state index contributed by atoms with van der Waals surface area (Å²) in [6.45, 7) is 7.60. The molecule has 0 amide bonds. The van der Waals surface area contributed by atoms with Gasteiger partial charge in [0.15, 0.2) is 0 Å². The van der Waals surface area contributed by atoms with Crippen LogP contribution in [0.2, 0.25) is 0 Å². The normalized spacial score (nSPS) is 64.0. The molecule has 1 heteroatoms. The van der Waals surface area contributed by atoms with E-state index in [4.69, 9.17) is 0 Å². The molecule has 0 saturated heterocycles. The Morgan fingerprint density at radius 3 is 1.83 bits per heavy atom. The number of aliphatic hydroxyl groups excluding tert-OH is 1. The number of hydrogen-bond acceptors (Lipinski definition) is 1. The fourth-order valence-corrected chi connectivity index (χ4v) is 4.67. The van der Waals surface area contributed by atoms with Crippen molar-refractivity contribution in [3.63, 3.8) is 0 Å². The van der Waals surface area contributed by atoms with Crippen LogP contribution < -0.4 is 0 Å². The first kappa shape index (κ1) is 7.37. The van der Waals surface area contributed by atoms with Gasteiger partial charge in [0.2, 0.25) is 0 Å². The lowest BCUT2D eigenvalue weighted by molar-refractivity contribution is 0.0295. The highest BCUT2D eigenvalue weighted by Crippen LogP contribution is 2.90. The summed E-state index contributed by atoms with van der Waals surface area (Å²) in [6, 6.07) is 0. The van der Waals surface area contributed by atoms with Crippen LogP contribution >= 0.6 is 0 Å². The molecule has 1 nitrogen and oxygen atoms in total. The second-order valence-corrected chi connectivity index (χ2v) is 5.97. The molecule has 0 aliphatic heterocycles. The third-order valence-corrected chi connectivity index (χ3v) is 6.11. The lowest BCUT2D eigenvalue weighted by Crippen LogP contribution is -2.36. The maximum Gasteiger partial charge on any atom is 0.0492 e. The van der Waals surface area contributed by atoms with Crippen molar-refractivity contribution in [2.45, 2.75) is 33.6 Å². The molecule has 4 aliphatic carbocycles. The highest BCUT2D eigenvalue weighted by atomic mass is 16.3. The van der Waals surface area contributed by atoms with E-state index in [1.54, 1.807) is 0 Å². The van der Waals surface area contributed by atoms with Crippen molar-refractivity contribution >= 4 is 0 Å². The molecule has 4 rings (SSSR count). The minimum absolute atomic E-state index is 0.303. The van der Waals surface area contributed by atoms with Gasteiger partial charge in [-0.25, -0.2) is 0 Å². The summed E-state index contributed by atoms with van der Waals surface area (Å²) in [4.78, 5) is 0. The van der Waals surface area contributed by atoms with E-state index >= 15 is 0 Å². The molecule has 4 aliphatic rings. The largest absolute Gasteiger partial charge is 0.396 e. The first-order valence-electron chi connectivity index (χ1n) is 5.10. The van der Waals surface area contributed by atoms with Crippen LogP contribution in [0, 0.1) is 28.1 Å². The maximum absolute atomic E-state index is 9.51. The van der Waals surface area contributed by atoms with E-state index in [-0.39, 0.29) is 0 Å². The smallest absolute Gasteiger partial charge is 0.0492 e. The average molecular weight is 166 g/mol. The van der Waals surface area contributed by atoms with Gasteiger partial charge >= 0.3 is 0 Å². The Balaban J connectivity index is 2.14. The van der Waals surface area contributed by atoms with E-state index < -0.39 is 0 Å².